The Labute approximate surface area is 161 Å². The lowest BCUT2D eigenvalue weighted by molar-refractivity contribution is 0.0992. The van der Waals surface area contributed by atoms with Crippen LogP contribution in [-0.2, 0) is 6.61 Å². The minimum Gasteiger partial charge on any atom is -0.486 e. The second-order valence-corrected chi connectivity index (χ2v) is 6.11. The van der Waals surface area contributed by atoms with Gasteiger partial charge in [0, 0.05) is 6.07 Å². The number of anilines is 1. The van der Waals surface area contributed by atoms with Crippen LogP contribution in [0.15, 0.2) is 77.3 Å². The second kappa shape index (κ2) is 7.84. The van der Waals surface area contributed by atoms with E-state index in [9.17, 15) is 4.79 Å². The van der Waals surface area contributed by atoms with Crippen molar-refractivity contribution in [2.45, 2.75) is 6.61 Å². The zero-order valence-corrected chi connectivity index (χ0v) is 15.2. The molecular weight excluding hydrogens is 356 g/mol. The molecule has 0 spiro atoms. The first-order chi connectivity index (χ1) is 13.7. The molecule has 6 nitrogen and oxygen atoms in total. The van der Waals surface area contributed by atoms with Gasteiger partial charge in [0.25, 0.3) is 5.91 Å². The molecule has 2 aromatic carbocycles. The Bertz CT molecular complexity index is 1100. The van der Waals surface area contributed by atoms with Gasteiger partial charge in [-0.1, -0.05) is 30.3 Å². The van der Waals surface area contributed by atoms with Crippen LogP contribution in [0.5, 0.6) is 11.6 Å². The molecule has 0 saturated heterocycles. The van der Waals surface area contributed by atoms with E-state index in [0.717, 1.165) is 16.5 Å². The van der Waals surface area contributed by atoms with Crippen molar-refractivity contribution in [3.63, 3.8) is 0 Å². The number of nitrogens with zero attached hydrogens (tertiary/aromatic N) is 1. The van der Waals surface area contributed by atoms with E-state index >= 15 is 0 Å². The van der Waals surface area contributed by atoms with E-state index in [1.165, 1.54) is 13.3 Å². The summed E-state index contributed by atoms with van der Waals surface area (Å²) >= 11 is 0. The summed E-state index contributed by atoms with van der Waals surface area (Å²) in [5.74, 6) is 1.62. The standard InChI is InChI=1S/C22H18N2O4/c1-26-21-11-7-17(13-23-21)24-22(25)20-10-9-19(28-20)14-27-18-8-6-15-4-2-3-5-16(15)12-18/h2-13H,14H2,1H3,(H,24,25). The number of carbonyl (C=O) groups excluding carboxylic acids is 1. The van der Waals surface area contributed by atoms with Crippen molar-refractivity contribution in [3.05, 3.63) is 84.4 Å². The fourth-order valence-corrected chi connectivity index (χ4v) is 2.76. The molecule has 0 radical (unpaired) electrons. The van der Waals surface area contributed by atoms with E-state index < -0.39 is 0 Å². The average molecular weight is 374 g/mol. The summed E-state index contributed by atoms with van der Waals surface area (Å²) in [5.41, 5.74) is 0.552. The van der Waals surface area contributed by atoms with Gasteiger partial charge in [0.1, 0.15) is 18.1 Å². The van der Waals surface area contributed by atoms with Crippen LogP contribution in [-0.4, -0.2) is 18.0 Å². The van der Waals surface area contributed by atoms with Crippen molar-refractivity contribution in [1.29, 1.82) is 0 Å². The van der Waals surface area contributed by atoms with E-state index in [1.54, 1.807) is 24.3 Å². The summed E-state index contributed by atoms with van der Waals surface area (Å²) in [5, 5.41) is 4.98. The van der Waals surface area contributed by atoms with E-state index in [-0.39, 0.29) is 18.3 Å². The highest BCUT2D eigenvalue weighted by molar-refractivity contribution is 6.02. The lowest BCUT2D eigenvalue weighted by atomic mass is 10.1. The zero-order valence-electron chi connectivity index (χ0n) is 15.2. The Kier molecular flexibility index (Phi) is 4.93. The first-order valence-corrected chi connectivity index (χ1v) is 8.73. The Morgan fingerprint density at radius 1 is 1.04 bits per heavy atom. The molecule has 28 heavy (non-hydrogen) atoms. The quantitative estimate of drug-likeness (QED) is 0.531. The number of rotatable bonds is 6. The summed E-state index contributed by atoms with van der Waals surface area (Å²) in [6, 6.07) is 20.7. The largest absolute Gasteiger partial charge is 0.486 e. The van der Waals surface area contributed by atoms with Gasteiger partial charge in [0.05, 0.1) is 19.0 Å². The van der Waals surface area contributed by atoms with Gasteiger partial charge in [-0.25, -0.2) is 4.98 Å². The fraction of sp³-hybridized carbons (Fsp3) is 0.0909. The molecule has 0 bridgehead atoms. The molecule has 0 saturated carbocycles. The molecular formula is C22H18N2O4. The number of furan rings is 1. The first-order valence-electron chi connectivity index (χ1n) is 8.73. The summed E-state index contributed by atoms with van der Waals surface area (Å²) in [7, 11) is 1.53. The molecule has 0 aliphatic carbocycles. The predicted octanol–water partition coefficient (Wildman–Crippen LogP) is 4.67. The van der Waals surface area contributed by atoms with Crippen LogP contribution in [0.4, 0.5) is 5.69 Å². The summed E-state index contributed by atoms with van der Waals surface area (Å²) in [6.45, 7) is 0.232. The van der Waals surface area contributed by atoms with Crippen molar-refractivity contribution < 1.29 is 18.7 Å². The SMILES string of the molecule is COc1ccc(NC(=O)c2ccc(COc3ccc4ccccc4c3)o2)cn1. The third-order valence-corrected chi connectivity index (χ3v) is 4.19. The maximum absolute atomic E-state index is 12.3. The van der Waals surface area contributed by atoms with Gasteiger partial charge in [-0.05, 0) is 41.1 Å². The Balaban J connectivity index is 1.38. The molecule has 0 fully saturated rings. The maximum atomic E-state index is 12.3. The molecule has 4 rings (SSSR count). The Hall–Kier alpha value is -3.80. The van der Waals surface area contributed by atoms with Gasteiger partial charge >= 0.3 is 0 Å². The molecule has 6 heteroatoms. The number of nitrogens with one attached hydrogen (secondary N) is 1. The lowest BCUT2D eigenvalue weighted by Gasteiger charge is -2.06. The van der Waals surface area contributed by atoms with E-state index in [2.05, 4.69) is 16.4 Å². The third kappa shape index (κ3) is 3.96. The Morgan fingerprint density at radius 3 is 2.68 bits per heavy atom. The molecule has 140 valence electrons. The molecule has 0 atom stereocenters. The normalized spacial score (nSPS) is 10.6. The van der Waals surface area contributed by atoms with Crippen LogP contribution in [0.3, 0.4) is 0 Å². The number of hydrogen-bond donors (Lipinski definition) is 1. The highest BCUT2D eigenvalue weighted by atomic mass is 16.5. The predicted molar refractivity (Wildman–Crippen MR) is 106 cm³/mol. The van der Waals surface area contributed by atoms with Crippen molar-refractivity contribution in [3.8, 4) is 11.6 Å². The molecule has 0 aliphatic heterocycles. The molecule has 1 N–H and O–H groups in total. The average Bonchev–Trinajstić information content (AvgIpc) is 3.22. The number of fused-ring (bicyclic) bond motifs is 1. The van der Waals surface area contributed by atoms with Gasteiger partial charge in [0.15, 0.2) is 5.76 Å². The topological polar surface area (TPSA) is 73.6 Å². The van der Waals surface area contributed by atoms with Gasteiger partial charge in [-0.2, -0.15) is 0 Å². The summed E-state index contributed by atoms with van der Waals surface area (Å²) < 4.78 is 16.4. The molecule has 2 heterocycles. The number of pyridine rings is 1. The number of aromatic nitrogens is 1. The van der Waals surface area contributed by atoms with Crippen LogP contribution < -0.4 is 14.8 Å². The van der Waals surface area contributed by atoms with Crippen LogP contribution >= 0.6 is 0 Å². The number of carbonyl (C=O) groups is 1. The van der Waals surface area contributed by atoms with Crippen LogP contribution in [0, 0.1) is 0 Å². The van der Waals surface area contributed by atoms with Crippen molar-refractivity contribution >= 4 is 22.4 Å². The number of hydrogen-bond acceptors (Lipinski definition) is 5. The highest BCUT2D eigenvalue weighted by Crippen LogP contribution is 2.22. The zero-order chi connectivity index (χ0) is 19.3. The second-order valence-electron chi connectivity index (χ2n) is 6.11. The monoisotopic (exact) mass is 374 g/mol. The third-order valence-electron chi connectivity index (χ3n) is 4.19. The first kappa shape index (κ1) is 17.6. The van der Waals surface area contributed by atoms with Crippen LogP contribution in [0.25, 0.3) is 10.8 Å². The molecule has 0 unspecified atom stereocenters. The van der Waals surface area contributed by atoms with Gasteiger partial charge in [-0.3, -0.25) is 4.79 Å². The summed E-state index contributed by atoms with van der Waals surface area (Å²) in [4.78, 5) is 16.3. The van der Waals surface area contributed by atoms with Crippen molar-refractivity contribution in [2.75, 3.05) is 12.4 Å². The molecule has 4 aromatic rings. The highest BCUT2D eigenvalue weighted by Gasteiger charge is 2.12. The number of amides is 1. The van der Waals surface area contributed by atoms with Crippen molar-refractivity contribution in [1.82, 2.24) is 4.98 Å². The van der Waals surface area contributed by atoms with Gasteiger partial charge < -0.3 is 19.2 Å². The van der Waals surface area contributed by atoms with Crippen molar-refractivity contribution in [2.24, 2.45) is 0 Å². The number of benzene rings is 2. The van der Waals surface area contributed by atoms with Gasteiger partial charge in [0.2, 0.25) is 5.88 Å². The number of methoxy groups -OCH3 is 1. The minimum atomic E-state index is -0.357. The molecule has 1 amide bonds. The van der Waals surface area contributed by atoms with E-state index in [0.29, 0.717) is 17.3 Å². The fourth-order valence-electron chi connectivity index (χ4n) is 2.76. The van der Waals surface area contributed by atoms with Crippen LogP contribution in [0.2, 0.25) is 0 Å². The minimum absolute atomic E-state index is 0.202. The molecule has 0 aliphatic rings. The number of ether oxygens (including phenoxy) is 2. The maximum Gasteiger partial charge on any atom is 0.291 e. The van der Waals surface area contributed by atoms with E-state index in [1.807, 2.05) is 36.4 Å². The smallest absolute Gasteiger partial charge is 0.291 e. The van der Waals surface area contributed by atoms with Gasteiger partial charge in [-0.15, -0.1) is 0 Å². The Morgan fingerprint density at radius 2 is 1.89 bits per heavy atom. The van der Waals surface area contributed by atoms with Crippen LogP contribution in [0.1, 0.15) is 16.3 Å². The lowest BCUT2D eigenvalue weighted by Crippen LogP contribution is -2.11. The van der Waals surface area contributed by atoms with E-state index in [4.69, 9.17) is 13.9 Å². The summed E-state index contributed by atoms with van der Waals surface area (Å²) in [6.07, 6.45) is 1.52. The molecule has 2 aromatic heterocycles.